The van der Waals surface area contributed by atoms with Crippen LogP contribution in [0.1, 0.15) is 27.7 Å². The lowest BCUT2D eigenvalue weighted by Crippen LogP contribution is -2.21. The first-order valence-electron chi connectivity index (χ1n) is 6.24. The fourth-order valence-electron chi connectivity index (χ4n) is 1.54. The summed E-state index contributed by atoms with van der Waals surface area (Å²) in [6, 6.07) is 5.28. The van der Waals surface area contributed by atoms with E-state index in [2.05, 4.69) is 31.4 Å². The first-order valence-corrected chi connectivity index (χ1v) is 6.24. The largest absolute Gasteiger partial charge is 0.385 e. The quantitative estimate of drug-likeness (QED) is 0.600. The highest BCUT2D eigenvalue weighted by Crippen LogP contribution is 2.25. The fraction of sp³-hybridized carbons (Fsp3) is 0.538. The number of anilines is 2. The highest BCUT2D eigenvalue weighted by Gasteiger charge is 2.12. The maximum Gasteiger partial charge on any atom is 0.273 e. The minimum absolute atomic E-state index is 0.104. The Labute approximate surface area is 108 Å². The number of benzene rings is 1. The number of hydrogen-bond acceptors (Lipinski definition) is 4. The summed E-state index contributed by atoms with van der Waals surface area (Å²) in [4.78, 5) is 10.5. The Morgan fingerprint density at radius 2 is 1.83 bits per heavy atom. The molecule has 0 fully saturated rings. The second kappa shape index (κ2) is 6.23. The molecule has 1 aromatic rings. The molecule has 1 aromatic carbocycles. The Balaban J connectivity index is 2.99. The van der Waals surface area contributed by atoms with Gasteiger partial charge in [0.2, 0.25) is 0 Å². The maximum absolute atomic E-state index is 10.9. The summed E-state index contributed by atoms with van der Waals surface area (Å²) in [6.45, 7) is 8.99. The van der Waals surface area contributed by atoms with E-state index in [4.69, 9.17) is 0 Å². The average Bonchev–Trinajstić information content (AvgIpc) is 2.28. The van der Waals surface area contributed by atoms with Crippen molar-refractivity contribution in [2.75, 3.05) is 17.2 Å². The van der Waals surface area contributed by atoms with Gasteiger partial charge in [-0.3, -0.25) is 10.1 Å². The van der Waals surface area contributed by atoms with Crippen LogP contribution in [0.3, 0.4) is 0 Å². The molecule has 5 nitrogen and oxygen atoms in total. The van der Waals surface area contributed by atoms with Crippen molar-refractivity contribution in [1.82, 2.24) is 0 Å². The zero-order chi connectivity index (χ0) is 13.7. The fourth-order valence-corrected chi connectivity index (χ4v) is 1.54. The van der Waals surface area contributed by atoms with E-state index in [1.165, 1.54) is 0 Å². The minimum Gasteiger partial charge on any atom is -0.385 e. The predicted octanol–water partition coefficient (Wildman–Crippen LogP) is 3.48. The number of nitro benzene ring substituents is 1. The van der Waals surface area contributed by atoms with Crippen molar-refractivity contribution in [3.8, 4) is 0 Å². The molecule has 0 aliphatic rings. The minimum atomic E-state index is -0.369. The van der Waals surface area contributed by atoms with Gasteiger partial charge in [0.05, 0.1) is 4.92 Å². The summed E-state index contributed by atoms with van der Waals surface area (Å²) < 4.78 is 0. The van der Waals surface area contributed by atoms with Gasteiger partial charge in [0.15, 0.2) is 0 Å². The van der Waals surface area contributed by atoms with Gasteiger partial charge >= 0.3 is 0 Å². The van der Waals surface area contributed by atoms with Crippen molar-refractivity contribution in [1.29, 1.82) is 0 Å². The molecule has 0 aliphatic carbocycles. The Bertz CT molecular complexity index is 419. The molecular formula is C13H21N3O2. The van der Waals surface area contributed by atoms with Gasteiger partial charge in [-0.15, -0.1) is 0 Å². The summed E-state index contributed by atoms with van der Waals surface area (Å²) >= 11 is 0. The molecule has 18 heavy (non-hydrogen) atoms. The lowest BCUT2D eigenvalue weighted by Gasteiger charge is -2.19. The van der Waals surface area contributed by atoms with Crippen molar-refractivity contribution in [3.63, 3.8) is 0 Å². The van der Waals surface area contributed by atoms with E-state index in [9.17, 15) is 10.1 Å². The molecule has 0 radical (unpaired) electrons. The van der Waals surface area contributed by atoms with Gasteiger partial charge in [-0.25, -0.2) is 0 Å². The van der Waals surface area contributed by atoms with Gasteiger partial charge in [0.1, 0.15) is 0 Å². The summed E-state index contributed by atoms with van der Waals surface area (Å²) in [5, 5.41) is 17.3. The van der Waals surface area contributed by atoms with Crippen LogP contribution in [-0.4, -0.2) is 17.5 Å². The smallest absolute Gasteiger partial charge is 0.273 e. The van der Waals surface area contributed by atoms with E-state index < -0.39 is 0 Å². The molecule has 5 heteroatoms. The topological polar surface area (TPSA) is 67.2 Å². The third-order valence-electron chi connectivity index (χ3n) is 2.90. The summed E-state index contributed by atoms with van der Waals surface area (Å²) in [7, 11) is 0. The molecule has 0 spiro atoms. The van der Waals surface area contributed by atoms with Crippen LogP contribution in [0.2, 0.25) is 0 Å². The molecule has 0 amide bonds. The number of hydrogen-bond donors (Lipinski definition) is 2. The van der Waals surface area contributed by atoms with Crippen LogP contribution in [0.15, 0.2) is 18.2 Å². The monoisotopic (exact) mass is 251 g/mol. The van der Waals surface area contributed by atoms with Gasteiger partial charge in [0.25, 0.3) is 5.69 Å². The van der Waals surface area contributed by atoms with E-state index in [1.807, 2.05) is 13.0 Å². The van der Waals surface area contributed by atoms with Gasteiger partial charge in [-0.1, -0.05) is 13.8 Å². The average molecular weight is 251 g/mol. The molecule has 1 rings (SSSR count). The van der Waals surface area contributed by atoms with Crippen LogP contribution >= 0.6 is 0 Å². The molecule has 1 unspecified atom stereocenters. The summed E-state index contributed by atoms with van der Waals surface area (Å²) in [6.07, 6.45) is 0. The molecule has 1 atom stereocenters. The van der Waals surface area contributed by atoms with Crippen LogP contribution in [0, 0.1) is 16.0 Å². The Morgan fingerprint density at radius 1 is 1.22 bits per heavy atom. The lowest BCUT2D eigenvalue weighted by atomic mass is 10.1. The van der Waals surface area contributed by atoms with Crippen molar-refractivity contribution in [2.45, 2.75) is 33.7 Å². The molecule has 100 valence electrons. The van der Waals surface area contributed by atoms with Crippen molar-refractivity contribution < 1.29 is 4.92 Å². The normalized spacial score (nSPS) is 12.3. The second-order valence-electron chi connectivity index (χ2n) is 4.73. The van der Waals surface area contributed by atoms with Crippen LogP contribution in [-0.2, 0) is 0 Å². The summed E-state index contributed by atoms with van der Waals surface area (Å²) in [5.41, 5.74) is 1.65. The van der Waals surface area contributed by atoms with Gasteiger partial charge in [0, 0.05) is 36.1 Å². The highest BCUT2D eigenvalue weighted by molar-refractivity contribution is 5.63. The number of nitrogens with zero attached hydrogens (tertiary/aromatic N) is 1. The highest BCUT2D eigenvalue weighted by atomic mass is 16.6. The number of nitrogens with one attached hydrogen (secondary N) is 2. The van der Waals surface area contributed by atoms with E-state index in [0.29, 0.717) is 5.92 Å². The molecule has 0 saturated carbocycles. The number of non-ortho nitro benzene ring substituents is 1. The second-order valence-corrected chi connectivity index (χ2v) is 4.73. The molecule has 0 saturated heterocycles. The van der Waals surface area contributed by atoms with E-state index in [-0.39, 0.29) is 16.7 Å². The van der Waals surface area contributed by atoms with E-state index >= 15 is 0 Å². The lowest BCUT2D eigenvalue weighted by molar-refractivity contribution is -0.384. The first-order chi connectivity index (χ1) is 8.43. The predicted molar refractivity (Wildman–Crippen MR) is 75.2 cm³/mol. The molecule has 2 N–H and O–H groups in total. The molecular weight excluding hydrogens is 230 g/mol. The summed E-state index contributed by atoms with van der Waals surface area (Å²) in [5.74, 6) is 0.465. The standard InChI is InChI=1S/C13H21N3O2/c1-5-14-11-6-12(15-10(4)9(2)3)8-13(7-11)16(17)18/h6-10,14-15H,5H2,1-4H3. The number of nitro groups is 1. The Morgan fingerprint density at radius 3 is 2.33 bits per heavy atom. The maximum atomic E-state index is 10.9. The van der Waals surface area contributed by atoms with Crippen LogP contribution < -0.4 is 10.6 Å². The molecule has 0 aliphatic heterocycles. The SMILES string of the molecule is CCNc1cc(NC(C)C(C)C)cc([N+](=O)[O-])c1. The van der Waals surface area contributed by atoms with E-state index in [0.717, 1.165) is 17.9 Å². The number of rotatable bonds is 6. The van der Waals surface area contributed by atoms with Crippen molar-refractivity contribution in [2.24, 2.45) is 5.92 Å². The van der Waals surface area contributed by atoms with Crippen LogP contribution in [0.25, 0.3) is 0 Å². The van der Waals surface area contributed by atoms with Crippen molar-refractivity contribution in [3.05, 3.63) is 28.3 Å². The van der Waals surface area contributed by atoms with E-state index in [1.54, 1.807) is 12.1 Å². The third-order valence-corrected chi connectivity index (χ3v) is 2.90. The van der Waals surface area contributed by atoms with Gasteiger partial charge in [-0.05, 0) is 25.8 Å². The molecule has 0 heterocycles. The Kier molecular flexibility index (Phi) is 4.95. The third kappa shape index (κ3) is 3.91. The molecule has 0 bridgehead atoms. The van der Waals surface area contributed by atoms with Gasteiger partial charge in [-0.2, -0.15) is 0 Å². The Hall–Kier alpha value is -1.78. The van der Waals surface area contributed by atoms with Crippen LogP contribution in [0.5, 0.6) is 0 Å². The van der Waals surface area contributed by atoms with Crippen LogP contribution in [0.4, 0.5) is 17.1 Å². The molecule has 0 aromatic heterocycles. The van der Waals surface area contributed by atoms with Gasteiger partial charge < -0.3 is 10.6 Å². The zero-order valence-corrected chi connectivity index (χ0v) is 11.4. The van der Waals surface area contributed by atoms with Crippen molar-refractivity contribution >= 4 is 17.1 Å². The first kappa shape index (κ1) is 14.3. The zero-order valence-electron chi connectivity index (χ0n) is 11.4.